The molecule has 1 atom stereocenters. The van der Waals surface area contributed by atoms with Crippen molar-refractivity contribution in [2.75, 3.05) is 11.9 Å². The molecule has 1 aromatic rings. The highest BCUT2D eigenvalue weighted by Crippen LogP contribution is 2.22. The number of nitrogens with zero attached hydrogens (tertiary/aromatic N) is 1. The van der Waals surface area contributed by atoms with Crippen LogP contribution in [0.3, 0.4) is 0 Å². The van der Waals surface area contributed by atoms with Gasteiger partial charge in [0.2, 0.25) is 5.91 Å². The van der Waals surface area contributed by atoms with E-state index in [9.17, 15) is 9.59 Å². The molecule has 23 heavy (non-hydrogen) atoms. The number of amides is 2. The zero-order valence-electron chi connectivity index (χ0n) is 14.4. The molecule has 0 bridgehead atoms. The van der Waals surface area contributed by atoms with Gasteiger partial charge in [-0.15, -0.1) is 0 Å². The number of benzene rings is 1. The molecule has 1 aromatic carbocycles. The summed E-state index contributed by atoms with van der Waals surface area (Å²) in [6.07, 6.45) is 2.08. The molecule has 1 aliphatic heterocycles. The van der Waals surface area contributed by atoms with E-state index in [1.54, 1.807) is 4.90 Å². The Morgan fingerprint density at radius 1 is 1.26 bits per heavy atom. The molecule has 0 aliphatic carbocycles. The molecule has 0 aromatic heterocycles. The van der Waals surface area contributed by atoms with Crippen LogP contribution in [0.1, 0.15) is 45.6 Å². The number of anilines is 1. The largest absolute Gasteiger partial charge is 0.444 e. The SMILES string of the molecule is Cc1cccc(NC(=O)C2CCCCN2C(=O)OC(C)(C)C)c1. The molecule has 5 nitrogen and oxygen atoms in total. The Morgan fingerprint density at radius 2 is 2.00 bits per heavy atom. The van der Waals surface area contributed by atoms with E-state index in [-0.39, 0.29) is 5.91 Å². The standard InChI is InChI=1S/C18H26N2O3/c1-13-8-7-9-14(12-13)19-16(21)15-10-5-6-11-20(15)17(22)23-18(2,3)4/h7-9,12,15H,5-6,10-11H2,1-4H3,(H,19,21). The highest BCUT2D eigenvalue weighted by Gasteiger charge is 2.34. The summed E-state index contributed by atoms with van der Waals surface area (Å²) in [6.45, 7) is 8.02. The highest BCUT2D eigenvalue weighted by atomic mass is 16.6. The van der Waals surface area contributed by atoms with E-state index >= 15 is 0 Å². The summed E-state index contributed by atoms with van der Waals surface area (Å²) in [4.78, 5) is 26.5. The van der Waals surface area contributed by atoms with Gasteiger partial charge < -0.3 is 10.1 Å². The maximum Gasteiger partial charge on any atom is 0.410 e. The molecule has 1 saturated heterocycles. The van der Waals surface area contributed by atoms with Crippen LogP contribution in [0.25, 0.3) is 0 Å². The third kappa shape index (κ3) is 4.98. The zero-order chi connectivity index (χ0) is 17.0. The first-order valence-corrected chi connectivity index (χ1v) is 8.13. The van der Waals surface area contributed by atoms with Crippen molar-refractivity contribution in [3.8, 4) is 0 Å². The van der Waals surface area contributed by atoms with Gasteiger partial charge >= 0.3 is 6.09 Å². The summed E-state index contributed by atoms with van der Waals surface area (Å²) >= 11 is 0. The Balaban J connectivity index is 2.08. The van der Waals surface area contributed by atoms with Crippen molar-refractivity contribution >= 4 is 17.7 Å². The minimum Gasteiger partial charge on any atom is -0.444 e. The molecular formula is C18H26N2O3. The summed E-state index contributed by atoms with van der Waals surface area (Å²) in [6, 6.07) is 7.17. The molecule has 0 spiro atoms. The Labute approximate surface area is 138 Å². The Kier molecular flexibility index (Phi) is 5.29. The molecule has 2 rings (SSSR count). The third-order valence-electron chi connectivity index (χ3n) is 3.72. The molecule has 0 saturated carbocycles. The molecule has 2 amide bonds. The van der Waals surface area contributed by atoms with Crippen LogP contribution in [0.2, 0.25) is 0 Å². The van der Waals surface area contributed by atoms with Gasteiger partial charge in [0.15, 0.2) is 0 Å². The second-order valence-corrected chi connectivity index (χ2v) is 7.04. The van der Waals surface area contributed by atoms with E-state index in [0.717, 1.165) is 24.1 Å². The normalized spacial score (nSPS) is 18.4. The van der Waals surface area contributed by atoms with Gasteiger partial charge in [-0.1, -0.05) is 12.1 Å². The fraction of sp³-hybridized carbons (Fsp3) is 0.556. The fourth-order valence-corrected chi connectivity index (χ4v) is 2.69. The molecule has 1 heterocycles. The number of carbonyl (C=O) groups excluding carboxylic acids is 2. The molecule has 1 unspecified atom stereocenters. The van der Waals surface area contributed by atoms with E-state index in [1.807, 2.05) is 52.0 Å². The van der Waals surface area contributed by atoms with Gasteiger partial charge in [0.25, 0.3) is 0 Å². The topological polar surface area (TPSA) is 58.6 Å². The predicted molar refractivity (Wildman–Crippen MR) is 90.4 cm³/mol. The van der Waals surface area contributed by atoms with Crippen molar-refractivity contribution in [1.29, 1.82) is 0 Å². The molecular weight excluding hydrogens is 292 g/mol. The summed E-state index contributed by atoms with van der Waals surface area (Å²) in [5, 5.41) is 2.91. The molecule has 1 aliphatic rings. The molecule has 1 fully saturated rings. The van der Waals surface area contributed by atoms with Crippen molar-refractivity contribution in [2.45, 2.75) is 58.6 Å². The van der Waals surface area contributed by atoms with Crippen LogP contribution < -0.4 is 5.32 Å². The minimum atomic E-state index is -0.563. The van der Waals surface area contributed by atoms with Crippen LogP contribution in [0.4, 0.5) is 10.5 Å². The number of rotatable bonds is 2. The average molecular weight is 318 g/mol. The predicted octanol–water partition coefficient (Wildman–Crippen LogP) is 3.72. The van der Waals surface area contributed by atoms with Crippen LogP contribution >= 0.6 is 0 Å². The van der Waals surface area contributed by atoms with Crippen LogP contribution in [-0.4, -0.2) is 35.1 Å². The number of hydrogen-bond donors (Lipinski definition) is 1. The zero-order valence-corrected chi connectivity index (χ0v) is 14.4. The summed E-state index contributed by atoms with van der Waals surface area (Å²) in [7, 11) is 0. The van der Waals surface area contributed by atoms with Crippen molar-refractivity contribution in [2.24, 2.45) is 0 Å². The van der Waals surface area contributed by atoms with Gasteiger partial charge in [0, 0.05) is 12.2 Å². The number of ether oxygens (including phenoxy) is 1. The summed E-state index contributed by atoms with van der Waals surface area (Å²) in [5.41, 5.74) is 1.27. The summed E-state index contributed by atoms with van der Waals surface area (Å²) < 4.78 is 5.43. The first kappa shape index (κ1) is 17.3. The molecule has 5 heteroatoms. The van der Waals surface area contributed by atoms with Crippen molar-refractivity contribution in [3.63, 3.8) is 0 Å². The van der Waals surface area contributed by atoms with E-state index in [2.05, 4.69) is 5.32 Å². The number of piperidine rings is 1. The minimum absolute atomic E-state index is 0.152. The number of hydrogen-bond acceptors (Lipinski definition) is 3. The fourth-order valence-electron chi connectivity index (χ4n) is 2.69. The monoisotopic (exact) mass is 318 g/mol. The van der Waals surface area contributed by atoms with Crippen molar-refractivity contribution < 1.29 is 14.3 Å². The van der Waals surface area contributed by atoms with Gasteiger partial charge in [-0.2, -0.15) is 0 Å². The van der Waals surface area contributed by atoms with Gasteiger partial charge in [-0.25, -0.2) is 4.79 Å². The lowest BCUT2D eigenvalue weighted by molar-refractivity contribution is -0.122. The van der Waals surface area contributed by atoms with Gasteiger partial charge in [0.05, 0.1) is 0 Å². The lowest BCUT2D eigenvalue weighted by atomic mass is 10.0. The van der Waals surface area contributed by atoms with Gasteiger partial charge in [-0.05, 0) is 64.7 Å². The van der Waals surface area contributed by atoms with E-state index in [4.69, 9.17) is 4.74 Å². The first-order valence-electron chi connectivity index (χ1n) is 8.13. The number of nitrogens with one attached hydrogen (secondary N) is 1. The maximum absolute atomic E-state index is 12.6. The molecule has 126 valence electrons. The second kappa shape index (κ2) is 7.02. The quantitative estimate of drug-likeness (QED) is 0.904. The number of likely N-dealkylation sites (tertiary alicyclic amines) is 1. The van der Waals surface area contributed by atoms with E-state index in [1.165, 1.54) is 0 Å². The number of carbonyl (C=O) groups is 2. The Hall–Kier alpha value is -2.04. The second-order valence-electron chi connectivity index (χ2n) is 7.04. The average Bonchev–Trinajstić information content (AvgIpc) is 2.45. The highest BCUT2D eigenvalue weighted by molar-refractivity contribution is 5.96. The van der Waals surface area contributed by atoms with Gasteiger partial charge in [-0.3, -0.25) is 9.69 Å². The van der Waals surface area contributed by atoms with Gasteiger partial charge in [0.1, 0.15) is 11.6 Å². The van der Waals surface area contributed by atoms with E-state index < -0.39 is 17.7 Å². The third-order valence-corrected chi connectivity index (χ3v) is 3.72. The van der Waals surface area contributed by atoms with Crippen LogP contribution in [0.5, 0.6) is 0 Å². The maximum atomic E-state index is 12.6. The van der Waals surface area contributed by atoms with Crippen molar-refractivity contribution in [3.05, 3.63) is 29.8 Å². The first-order chi connectivity index (χ1) is 10.8. The van der Waals surface area contributed by atoms with Crippen LogP contribution in [0, 0.1) is 6.92 Å². The summed E-state index contributed by atoms with van der Waals surface area (Å²) in [5.74, 6) is -0.152. The van der Waals surface area contributed by atoms with Crippen molar-refractivity contribution in [1.82, 2.24) is 4.90 Å². The van der Waals surface area contributed by atoms with Crippen LogP contribution in [-0.2, 0) is 9.53 Å². The van der Waals surface area contributed by atoms with E-state index in [0.29, 0.717) is 13.0 Å². The smallest absolute Gasteiger partial charge is 0.410 e. The molecule has 0 radical (unpaired) electrons. The molecule has 1 N–H and O–H groups in total. The lowest BCUT2D eigenvalue weighted by Gasteiger charge is -2.35. The number of aryl methyl sites for hydroxylation is 1. The van der Waals surface area contributed by atoms with Crippen LogP contribution in [0.15, 0.2) is 24.3 Å². The lowest BCUT2D eigenvalue weighted by Crippen LogP contribution is -2.51. The Bertz CT molecular complexity index is 578. The Morgan fingerprint density at radius 3 is 2.65 bits per heavy atom.